The van der Waals surface area contributed by atoms with Crippen LogP contribution in [0.4, 0.5) is 0 Å². The van der Waals surface area contributed by atoms with Crippen molar-refractivity contribution < 1.29 is 22.4 Å². The van der Waals surface area contributed by atoms with Crippen LogP contribution in [0.15, 0.2) is 0 Å². The third-order valence-corrected chi connectivity index (χ3v) is 0. The van der Waals surface area contributed by atoms with Crippen LogP contribution in [0.3, 0.4) is 0 Å². The molecule has 0 amide bonds. The van der Waals surface area contributed by atoms with E-state index in [1.807, 2.05) is 42.3 Å². The average Bonchev–Trinajstić information content (AvgIpc) is 1.70. The van der Waals surface area contributed by atoms with Gasteiger partial charge in [0, 0.05) is 22.4 Å². The van der Waals surface area contributed by atoms with Gasteiger partial charge in [0.25, 0.3) is 0 Å². The predicted molar refractivity (Wildman–Crippen MR) is 45.0 cm³/mol. The summed E-state index contributed by atoms with van der Waals surface area (Å²) in [7, 11) is 11.2. The maximum atomic E-state index is 2.75. The van der Waals surface area contributed by atoms with E-state index in [0.29, 0.717) is 0 Å². The van der Waals surface area contributed by atoms with Gasteiger partial charge in [-0.3, -0.25) is 0 Å². The van der Waals surface area contributed by atoms with Gasteiger partial charge >= 0.3 is 0 Å². The first kappa shape index (κ1) is 22.4. The van der Waals surface area contributed by atoms with E-state index >= 15 is 0 Å². The van der Waals surface area contributed by atoms with Crippen molar-refractivity contribution >= 4 is 0 Å². The molecule has 0 saturated heterocycles. The second kappa shape index (κ2) is 54.5. The van der Waals surface area contributed by atoms with Crippen LogP contribution in [0, 0.1) is 0 Å². The fraction of sp³-hybridized carbons (Fsp3) is 1.00. The molecule has 0 bridgehead atoms. The molecule has 0 rings (SSSR count). The van der Waals surface area contributed by atoms with Crippen molar-refractivity contribution in [2.24, 2.45) is 0 Å². The van der Waals surface area contributed by atoms with Gasteiger partial charge in [0.2, 0.25) is 0 Å². The average molecular weight is 316 g/mol. The molecule has 3 nitrogen and oxygen atoms in total. The maximum Gasteiger partial charge on any atom is 0 e. The summed E-state index contributed by atoms with van der Waals surface area (Å²) in [6, 6.07) is 0. The number of rotatable bonds is 0. The Morgan fingerprint density at radius 1 is 0.500 bits per heavy atom. The Hall–Kier alpha value is 0.620. The molecule has 0 aromatic heterocycles. The first-order chi connectivity index (χ1) is 4.24. The molecule has 0 unspecified atom stereocenters. The minimum absolute atomic E-state index is 0. The van der Waals surface area contributed by atoms with Crippen molar-refractivity contribution in [2.75, 3.05) is 42.3 Å². The molecule has 0 fully saturated rings. The summed E-state index contributed by atoms with van der Waals surface area (Å²) in [5.41, 5.74) is 0. The Balaban J connectivity index is -0.0000000257. The topological polar surface area (TPSA) is 36.1 Å². The molecular formula is C6H21N3Ta. The molecule has 0 aromatic rings. The minimum atomic E-state index is 0. The quantitative estimate of drug-likeness (QED) is 0.564. The second-order valence-electron chi connectivity index (χ2n) is 1.50. The van der Waals surface area contributed by atoms with Crippen LogP contribution in [0.1, 0.15) is 0 Å². The molecule has 0 saturated carbocycles. The maximum absolute atomic E-state index is 2.75. The Kier molecular flexibility index (Phi) is 122. The largest absolute Gasteiger partial charge is 0.323 e. The molecule has 1 radical (unpaired) electrons. The Labute approximate surface area is 80.9 Å². The third-order valence-electron chi connectivity index (χ3n) is 0. The van der Waals surface area contributed by atoms with Crippen LogP contribution >= 0.6 is 0 Å². The molecule has 4 heteroatoms. The summed E-state index contributed by atoms with van der Waals surface area (Å²) in [6.07, 6.45) is 0. The Morgan fingerprint density at radius 2 is 0.500 bits per heavy atom. The first-order valence-corrected chi connectivity index (χ1v) is 3.00. The van der Waals surface area contributed by atoms with Crippen LogP contribution < -0.4 is 16.0 Å². The summed E-state index contributed by atoms with van der Waals surface area (Å²) in [5, 5.41) is 8.25. The van der Waals surface area contributed by atoms with E-state index in [9.17, 15) is 0 Å². The summed E-state index contributed by atoms with van der Waals surface area (Å²) in [6.45, 7) is 0. The summed E-state index contributed by atoms with van der Waals surface area (Å²) in [5.74, 6) is 0. The second-order valence-corrected chi connectivity index (χ2v) is 1.50. The van der Waals surface area contributed by atoms with Crippen LogP contribution in [-0.2, 0) is 22.4 Å². The van der Waals surface area contributed by atoms with Gasteiger partial charge in [-0.2, -0.15) is 0 Å². The van der Waals surface area contributed by atoms with Crippen LogP contribution in [-0.4, -0.2) is 42.3 Å². The summed E-state index contributed by atoms with van der Waals surface area (Å²) in [4.78, 5) is 0. The van der Waals surface area contributed by atoms with E-state index < -0.39 is 0 Å². The van der Waals surface area contributed by atoms with E-state index in [4.69, 9.17) is 0 Å². The molecule has 65 valence electrons. The SMILES string of the molecule is CNC.CNC.CNC.[Ta]. The van der Waals surface area contributed by atoms with E-state index in [-0.39, 0.29) is 22.4 Å². The van der Waals surface area contributed by atoms with Crippen molar-refractivity contribution in [3.63, 3.8) is 0 Å². The first-order valence-electron chi connectivity index (χ1n) is 3.00. The zero-order valence-corrected chi connectivity index (χ0v) is 11.2. The standard InChI is InChI=1S/3C2H7N.Ta/c3*1-3-2;/h3*3H,1-2H3;. The molecule has 0 spiro atoms. The fourth-order valence-electron chi connectivity index (χ4n) is 0. The van der Waals surface area contributed by atoms with E-state index in [2.05, 4.69) is 16.0 Å². The Morgan fingerprint density at radius 3 is 0.500 bits per heavy atom. The van der Waals surface area contributed by atoms with Crippen molar-refractivity contribution in [3.05, 3.63) is 0 Å². The smallest absolute Gasteiger partial charge is 0 e. The van der Waals surface area contributed by atoms with Gasteiger partial charge in [0.15, 0.2) is 0 Å². The third kappa shape index (κ3) is 1300. The normalized spacial score (nSPS) is 5.40. The zero-order chi connectivity index (χ0) is 8.12. The minimum Gasteiger partial charge on any atom is -0.323 e. The van der Waals surface area contributed by atoms with Gasteiger partial charge in [0.1, 0.15) is 0 Å². The van der Waals surface area contributed by atoms with Crippen LogP contribution in [0.2, 0.25) is 0 Å². The van der Waals surface area contributed by atoms with E-state index in [0.717, 1.165) is 0 Å². The number of hydrogen-bond donors (Lipinski definition) is 3. The summed E-state index contributed by atoms with van der Waals surface area (Å²) >= 11 is 0. The molecule has 0 aromatic carbocycles. The van der Waals surface area contributed by atoms with Gasteiger partial charge < -0.3 is 16.0 Å². The van der Waals surface area contributed by atoms with Gasteiger partial charge in [-0.25, -0.2) is 0 Å². The summed E-state index contributed by atoms with van der Waals surface area (Å²) < 4.78 is 0. The van der Waals surface area contributed by atoms with Gasteiger partial charge in [-0.05, 0) is 42.3 Å². The molecule has 0 aliphatic carbocycles. The molecule has 10 heavy (non-hydrogen) atoms. The molecular weight excluding hydrogens is 295 g/mol. The van der Waals surface area contributed by atoms with Crippen molar-refractivity contribution in [1.29, 1.82) is 0 Å². The molecule has 0 aliphatic heterocycles. The molecule has 3 N–H and O–H groups in total. The van der Waals surface area contributed by atoms with Gasteiger partial charge in [0.05, 0.1) is 0 Å². The van der Waals surface area contributed by atoms with Crippen molar-refractivity contribution in [3.8, 4) is 0 Å². The zero-order valence-electron chi connectivity index (χ0n) is 7.95. The predicted octanol–water partition coefficient (Wildman–Crippen LogP) is -0.496. The number of nitrogens with one attached hydrogen (secondary N) is 3. The van der Waals surface area contributed by atoms with Crippen molar-refractivity contribution in [1.82, 2.24) is 16.0 Å². The van der Waals surface area contributed by atoms with Gasteiger partial charge in [-0.15, -0.1) is 0 Å². The Bertz CT molecular complexity index is 17.7. The fourth-order valence-corrected chi connectivity index (χ4v) is 0. The van der Waals surface area contributed by atoms with Gasteiger partial charge in [-0.1, -0.05) is 0 Å². The van der Waals surface area contributed by atoms with E-state index in [1.165, 1.54) is 0 Å². The van der Waals surface area contributed by atoms with Crippen LogP contribution in [0.25, 0.3) is 0 Å². The molecule has 0 atom stereocenters. The monoisotopic (exact) mass is 316 g/mol. The van der Waals surface area contributed by atoms with Crippen molar-refractivity contribution in [2.45, 2.75) is 0 Å². The number of hydrogen-bond acceptors (Lipinski definition) is 3. The molecule has 0 aliphatic rings. The molecule has 0 heterocycles. The van der Waals surface area contributed by atoms with E-state index in [1.54, 1.807) is 0 Å². The van der Waals surface area contributed by atoms with Crippen LogP contribution in [0.5, 0.6) is 0 Å².